The zero-order valence-corrected chi connectivity index (χ0v) is 17.3. The van der Waals surface area contributed by atoms with E-state index < -0.39 is 0 Å². The summed E-state index contributed by atoms with van der Waals surface area (Å²) in [5, 5.41) is 3.96. The Labute approximate surface area is 174 Å². The average Bonchev–Trinajstić information content (AvgIpc) is 3.55. The van der Waals surface area contributed by atoms with Crippen LogP contribution in [0.2, 0.25) is 0 Å². The van der Waals surface area contributed by atoms with Crippen molar-refractivity contribution >= 4 is 28.6 Å². The molecule has 2 aromatic carbocycles. The van der Waals surface area contributed by atoms with Crippen molar-refractivity contribution in [2.24, 2.45) is 0 Å². The molecule has 1 atom stereocenters. The summed E-state index contributed by atoms with van der Waals surface area (Å²) in [5.41, 5.74) is 1.88. The van der Waals surface area contributed by atoms with E-state index >= 15 is 0 Å². The molecule has 0 saturated heterocycles. The molecule has 3 aromatic rings. The molecule has 5 nitrogen and oxygen atoms in total. The average molecular weight is 408 g/mol. The number of carbonyl (C=O) groups excluding carboxylic acids is 1. The van der Waals surface area contributed by atoms with Gasteiger partial charge in [-0.25, -0.2) is 4.98 Å². The number of nitrogens with one attached hydrogen (secondary N) is 1. The van der Waals surface area contributed by atoms with Crippen LogP contribution in [0.5, 0.6) is 0 Å². The monoisotopic (exact) mass is 407 g/mol. The maximum atomic E-state index is 13.1. The zero-order valence-electron chi connectivity index (χ0n) is 16.5. The highest BCUT2D eigenvalue weighted by Crippen LogP contribution is 2.25. The quantitative estimate of drug-likeness (QED) is 0.456. The predicted molar refractivity (Wildman–Crippen MR) is 117 cm³/mol. The minimum absolute atomic E-state index is 0.00995. The molecule has 1 amide bonds. The van der Waals surface area contributed by atoms with Crippen molar-refractivity contribution in [1.29, 1.82) is 0 Å². The SMILES string of the molecule is CC(Sc1nc2ccccc2c(=O)n1CCCc1ccccc1)C(=O)NC1CC1. The molecule has 1 aromatic heterocycles. The fraction of sp³-hybridized carbons (Fsp3) is 0.348. The topological polar surface area (TPSA) is 64.0 Å². The van der Waals surface area contributed by atoms with Crippen molar-refractivity contribution < 1.29 is 4.79 Å². The van der Waals surface area contributed by atoms with Gasteiger partial charge >= 0.3 is 0 Å². The minimum atomic E-state index is -0.302. The molecule has 0 radical (unpaired) electrons. The van der Waals surface area contributed by atoms with Gasteiger partial charge in [0, 0.05) is 12.6 Å². The molecule has 1 N–H and O–H groups in total. The number of hydrogen-bond donors (Lipinski definition) is 1. The van der Waals surface area contributed by atoms with Crippen LogP contribution in [0.3, 0.4) is 0 Å². The third-order valence-electron chi connectivity index (χ3n) is 5.09. The fourth-order valence-corrected chi connectivity index (χ4v) is 4.22. The molecule has 1 fully saturated rings. The standard InChI is InChI=1S/C23H25N3O2S/c1-16(21(27)24-18-13-14-18)29-23-25-20-12-6-5-11-19(20)22(28)26(23)15-7-10-17-8-3-2-4-9-17/h2-6,8-9,11-12,16,18H,7,10,13-15H2,1H3,(H,24,27). The van der Waals surface area contributed by atoms with Crippen molar-refractivity contribution in [2.45, 2.75) is 55.6 Å². The van der Waals surface area contributed by atoms with Gasteiger partial charge in [-0.15, -0.1) is 0 Å². The fourth-order valence-electron chi connectivity index (χ4n) is 3.28. The molecule has 6 heteroatoms. The number of aryl methyl sites for hydroxylation is 1. The van der Waals surface area contributed by atoms with Crippen LogP contribution in [-0.4, -0.2) is 26.8 Å². The molecule has 29 heavy (non-hydrogen) atoms. The minimum Gasteiger partial charge on any atom is -0.352 e. The number of fused-ring (bicyclic) bond motifs is 1. The second-order valence-electron chi connectivity index (χ2n) is 7.50. The van der Waals surface area contributed by atoms with Crippen molar-refractivity contribution in [3.63, 3.8) is 0 Å². The van der Waals surface area contributed by atoms with Crippen LogP contribution in [-0.2, 0) is 17.8 Å². The summed E-state index contributed by atoms with van der Waals surface area (Å²) in [5.74, 6) is 0.00995. The summed E-state index contributed by atoms with van der Waals surface area (Å²) >= 11 is 1.36. The van der Waals surface area contributed by atoms with E-state index in [9.17, 15) is 9.59 Å². The van der Waals surface area contributed by atoms with Gasteiger partial charge in [0.05, 0.1) is 16.2 Å². The Morgan fingerprint density at radius 1 is 1.17 bits per heavy atom. The number of hydrogen-bond acceptors (Lipinski definition) is 4. The number of benzene rings is 2. The molecule has 0 bridgehead atoms. The number of nitrogens with zero attached hydrogens (tertiary/aromatic N) is 2. The molecule has 1 saturated carbocycles. The first-order valence-corrected chi connectivity index (χ1v) is 11.0. The smallest absolute Gasteiger partial charge is 0.262 e. The molecule has 150 valence electrons. The van der Waals surface area contributed by atoms with Gasteiger partial charge in [-0.3, -0.25) is 14.2 Å². The van der Waals surface area contributed by atoms with E-state index in [1.807, 2.05) is 49.4 Å². The lowest BCUT2D eigenvalue weighted by molar-refractivity contribution is -0.120. The molecule has 4 rings (SSSR count). The first-order valence-electron chi connectivity index (χ1n) is 10.1. The van der Waals surface area contributed by atoms with E-state index in [1.54, 1.807) is 4.57 Å². The van der Waals surface area contributed by atoms with Gasteiger partial charge in [-0.05, 0) is 50.3 Å². The van der Waals surface area contributed by atoms with E-state index in [-0.39, 0.29) is 16.7 Å². The second-order valence-corrected chi connectivity index (χ2v) is 8.81. The summed E-state index contributed by atoms with van der Waals surface area (Å²) in [6.45, 7) is 2.45. The molecule has 0 spiro atoms. The summed E-state index contributed by atoms with van der Waals surface area (Å²) in [6.07, 6.45) is 3.84. The molecule has 1 aliphatic rings. The number of amides is 1. The highest BCUT2D eigenvalue weighted by molar-refractivity contribution is 8.00. The van der Waals surface area contributed by atoms with Crippen LogP contribution in [0, 0.1) is 0 Å². The highest BCUT2D eigenvalue weighted by atomic mass is 32.2. The molecular weight excluding hydrogens is 382 g/mol. The van der Waals surface area contributed by atoms with Crippen molar-refractivity contribution in [1.82, 2.24) is 14.9 Å². The summed E-state index contributed by atoms with van der Waals surface area (Å²) < 4.78 is 1.73. The van der Waals surface area contributed by atoms with Crippen LogP contribution in [0.4, 0.5) is 0 Å². The number of rotatable bonds is 8. The Morgan fingerprint density at radius 2 is 1.90 bits per heavy atom. The lowest BCUT2D eigenvalue weighted by Crippen LogP contribution is -2.33. The number of carbonyl (C=O) groups is 1. The van der Waals surface area contributed by atoms with E-state index in [0.717, 1.165) is 25.7 Å². The maximum Gasteiger partial charge on any atom is 0.262 e. The van der Waals surface area contributed by atoms with Gasteiger partial charge in [0.1, 0.15) is 0 Å². The van der Waals surface area contributed by atoms with Crippen LogP contribution < -0.4 is 10.9 Å². The van der Waals surface area contributed by atoms with Crippen molar-refractivity contribution in [2.75, 3.05) is 0 Å². The number of aromatic nitrogens is 2. The number of thioether (sulfide) groups is 1. The first kappa shape index (κ1) is 19.7. The largest absolute Gasteiger partial charge is 0.352 e. The van der Waals surface area contributed by atoms with Gasteiger partial charge in [-0.2, -0.15) is 0 Å². The molecule has 1 unspecified atom stereocenters. The third-order valence-corrected chi connectivity index (χ3v) is 6.18. The van der Waals surface area contributed by atoms with Gasteiger partial charge in [-0.1, -0.05) is 54.2 Å². The van der Waals surface area contributed by atoms with Crippen LogP contribution in [0.25, 0.3) is 10.9 Å². The lowest BCUT2D eigenvalue weighted by Gasteiger charge is -2.16. The molecule has 1 heterocycles. The van der Waals surface area contributed by atoms with E-state index in [4.69, 9.17) is 4.98 Å². The Balaban J connectivity index is 1.57. The molecule has 1 aliphatic carbocycles. The first-order chi connectivity index (χ1) is 14.1. The van der Waals surface area contributed by atoms with Gasteiger partial charge in [0.15, 0.2) is 5.16 Å². The maximum absolute atomic E-state index is 13.1. The van der Waals surface area contributed by atoms with Gasteiger partial charge in [0.2, 0.25) is 5.91 Å². The Morgan fingerprint density at radius 3 is 2.66 bits per heavy atom. The van der Waals surface area contributed by atoms with Gasteiger partial charge in [0.25, 0.3) is 5.56 Å². The van der Waals surface area contributed by atoms with E-state index in [1.165, 1.54) is 17.3 Å². The summed E-state index contributed by atoms with van der Waals surface area (Å²) in [4.78, 5) is 30.3. The Hall–Kier alpha value is -2.60. The Kier molecular flexibility index (Phi) is 6.00. The Bertz CT molecular complexity index is 1060. The number of para-hydroxylation sites is 1. The van der Waals surface area contributed by atoms with Gasteiger partial charge < -0.3 is 5.32 Å². The van der Waals surface area contributed by atoms with Crippen molar-refractivity contribution in [3.05, 3.63) is 70.5 Å². The summed E-state index contributed by atoms with van der Waals surface area (Å²) in [6, 6.07) is 18.0. The van der Waals surface area contributed by atoms with E-state index in [0.29, 0.717) is 28.6 Å². The van der Waals surface area contributed by atoms with Crippen LogP contribution in [0.1, 0.15) is 31.7 Å². The predicted octanol–water partition coefficient (Wildman–Crippen LogP) is 3.79. The van der Waals surface area contributed by atoms with E-state index in [2.05, 4.69) is 17.4 Å². The summed E-state index contributed by atoms with van der Waals surface area (Å²) in [7, 11) is 0. The van der Waals surface area contributed by atoms with Crippen molar-refractivity contribution in [3.8, 4) is 0 Å². The van der Waals surface area contributed by atoms with Crippen LogP contribution >= 0.6 is 11.8 Å². The molecular formula is C23H25N3O2S. The zero-order chi connectivity index (χ0) is 20.2. The molecule has 0 aliphatic heterocycles. The lowest BCUT2D eigenvalue weighted by atomic mass is 10.1. The second kappa shape index (κ2) is 8.82. The normalized spacial score (nSPS) is 14.7. The third kappa shape index (κ3) is 4.88. The highest BCUT2D eigenvalue weighted by Gasteiger charge is 2.27. The van der Waals surface area contributed by atoms with Crippen LogP contribution in [0.15, 0.2) is 64.5 Å².